The third kappa shape index (κ3) is 5.55. The molecule has 3 unspecified atom stereocenters. The quantitative estimate of drug-likeness (QED) is 0.566. The monoisotopic (exact) mass is 211 g/mol. The number of hydrogen-bond acceptors (Lipinski definition) is 1. The van der Waals surface area contributed by atoms with Gasteiger partial charge in [-0.1, -0.05) is 52.4 Å². The smallest absolute Gasteiger partial charge is 0.0101 e. The van der Waals surface area contributed by atoms with Crippen molar-refractivity contribution in [2.24, 2.45) is 5.92 Å². The molecular weight excluding hydrogens is 182 g/mol. The van der Waals surface area contributed by atoms with Crippen molar-refractivity contribution in [3.8, 4) is 0 Å². The molecule has 1 N–H and O–H groups in total. The Kier molecular flexibility index (Phi) is 6.31. The van der Waals surface area contributed by atoms with Crippen LogP contribution in [0.5, 0.6) is 0 Å². The number of hydrogen-bond donors (Lipinski definition) is 1. The fourth-order valence-corrected chi connectivity index (χ4v) is 2.41. The molecule has 0 amide bonds. The predicted molar refractivity (Wildman–Crippen MR) is 68.2 cm³/mol. The van der Waals surface area contributed by atoms with Crippen LogP contribution in [-0.2, 0) is 0 Å². The molecule has 1 saturated carbocycles. The summed E-state index contributed by atoms with van der Waals surface area (Å²) >= 11 is 0. The van der Waals surface area contributed by atoms with Crippen molar-refractivity contribution in [3.05, 3.63) is 0 Å². The van der Waals surface area contributed by atoms with Crippen LogP contribution in [0.2, 0.25) is 0 Å². The second-order valence-electron chi connectivity index (χ2n) is 5.28. The van der Waals surface area contributed by atoms with Crippen LogP contribution in [-0.4, -0.2) is 12.1 Å². The Morgan fingerprint density at radius 3 is 2.47 bits per heavy atom. The maximum atomic E-state index is 3.75. The van der Waals surface area contributed by atoms with Crippen molar-refractivity contribution in [1.82, 2.24) is 5.32 Å². The highest BCUT2D eigenvalue weighted by Crippen LogP contribution is 2.33. The first-order valence-corrected chi connectivity index (χ1v) is 7.04. The Morgan fingerprint density at radius 1 is 1.13 bits per heavy atom. The van der Waals surface area contributed by atoms with Crippen LogP contribution in [0.1, 0.15) is 72.1 Å². The number of nitrogens with one attached hydrogen (secondary N) is 1. The van der Waals surface area contributed by atoms with Gasteiger partial charge in [-0.25, -0.2) is 0 Å². The van der Waals surface area contributed by atoms with Gasteiger partial charge in [0.05, 0.1) is 0 Å². The van der Waals surface area contributed by atoms with Gasteiger partial charge in [-0.05, 0) is 25.7 Å². The molecule has 0 spiro atoms. The van der Waals surface area contributed by atoms with Gasteiger partial charge in [-0.3, -0.25) is 0 Å². The summed E-state index contributed by atoms with van der Waals surface area (Å²) in [7, 11) is 0. The summed E-state index contributed by atoms with van der Waals surface area (Å²) in [5.74, 6) is 0.993. The zero-order chi connectivity index (χ0) is 11.1. The van der Waals surface area contributed by atoms with E-state index in [0.29, 0.717) is 0 Å². The fourth-order valence-electron chi connectivity index (χ4n) is 2.41. The second kappa shape index (κ2) is 7.27. The predicted octanol–water partition coefficient (Wildman–Crippen LogP) is 4.12. The second-order valence-corrected chi connectivity index (χ2v) is 5.28. The van der Waals surface area contributed by atoms with Crippen LogP contribution in [0, 0.1) is 5.92 Å². The van der Waals surface area contributed by atoms with E-state index < -0.39 is 0 Å². The molecule has 0 bridgehead atoms. The van der Waals surface area contributed by atoms with E-state index in [9.17, 15) is 0 Å². The van der Waals surface area contributed by atoms with Crippen LogP contribution >= 0.6 is 0 Å². The first-order chi connectivity index (χ1) is 7.27. The lowest BCUT2D eigenvalue weighted by Gasteiger charge is -2.13. The lowest BCUT2D eigenvalue weighted by atomic mass is 10.1. The van der Waals surface area contributed by atoms with Gasteiger partial charge >= 0.3 is 0 Å². The van der Waals surface area contributed by atoms with E-state index in [1.807, 2.05) is 0 Å². The first kappa shape index (κ1) is 13.0. The Bertz CT molecular complexity index is 155. The summed E-state index contributed by atoms with van der Waals surface area (Å²) in [4.78, 5) is 0. The molecule has 3 atom stereocenters. The average molecular weight is 211 g/mol. The Labute approximate surface area is 96.0 Å². The normalized spacial score (nSPS) is 26.6. The summed E-state index contributed by atoms with van der Waals surface area (Å²) in [6.45, 7) is 6.94. The van der Waals surface area contributed by atoms with Crippen molar-refractivity contribution in [3.63, 3.8) is 0 Å². The van der Waals surface area contributed by atoms with Gasteiger partial charge < -0.3 is 5.32 Å². The highest BCUT2D eigenvalue weighted by atomic mass is 15.0. The van der Waals surface area contributed by atoms with Crippen molar-refractivity contribution in [2.45, 2.75) is 84.2 Å². The maximum absolute atomic E-state index is 3.75. The van der Waals surface area contributed by atoms with Crippen molar-refractivity contribution < 1.29 is 0 Å². The molecule has 0 radical (unpaired) electrons. The average Bonchev–Trinajstić information content (AvgIpc) is 2.96. The van der Waals surface area contributed by atoms with Crippen LogP contribution in [0.3, 0.4) is 0 Å². The van der Waals surface area contributed by atoms with E-state index >= 15 is 0 Å². The summed E-state index contributed by atoms with van der Waals surface area (Å²) in [5, 5.41) is 3.75. The molecule has 1 rings (SSSR count). The van der Waals surface area contributed by atoms with Crippen LogP contribution in [0.4, 0.5) is 0 Å². The molecule has 0 aliphatic heterocycles. The fraction of sp³-hybridized carbons (Fsp3) is 1.00. The Balaban J connectivity index is 1.88. The molecule has 0 aromatic carbocycles. The van der Waals surface area contributed by atoms with E-state index in [1.54, 1.807) is 0 Å². The molecule has 0 saturated heterocycles. The summed E-state index contributed by atoms with van der Waals surface area (Å²) < 4.78 is 0. The zero-order valence-corrected chi connectivity index (χ0v) is 10.9. The molecule has 1 fully saturated rings. The number of rotatable bonds is 9. The van der Waals surface area contributed by atoms with Gasteiger partial charge in [0.2, 0.25) is 0 Å². The minimum Gasteiger partial charge on any atom is -0.311 e. The first-order valence-electron chi connectivity index (χ1n) is 7.04. The number of unbranched alkanes of at least 4 members (excludes halogenated alkanes) is 4. The van der Waals surface area contributed by atoms with Crippen LogP contribution in [0.15, 0.2) is 0 Å². The largest absolute Gasteiger partial charge is 0.311 e. The third-order valence-electron chi connectivity index (χ3n) is 3.69. The summed E-state index contributed by atoms with van der Waals surface area (Å²) in [6, 6.07) is 1.61. The highest BCUT2D eigenvalue weighted by molar-refractivity contribution is 4.93. The standard InChI is InChI=1S/C14H29N/c1-4-6-7-8-9-10-12(3)15-14-11-13(14)5-2/h12-15H,4-11H2,1-3H3. The van der Waals surface area contributed by atoms with E-state index in [2.05, 4.69) is 26.1 Å². The topological polar surface area (TPSA) is 12.0 Å². The minimum atomic E-state index is 0.744. The SMILES string of the molecule is CCCCCCCC(C)NC1CC1CC. The van der Waals surface area contributed by atoms with Crippen LogP contribution < -0.4 is 5.32 Å². The van der Waals surface area contributed by atoms with Crippen molar-refractivity contribution in [1.29, 1.82) is 0 Å². The lowest BCUT2D eigenvalue weighted by Crippen LogP contribution is -2.29. The lowest BCUT2D eigenvalue weighted by molar-refractivity contribution is 0.465. The molecule has 1 aliphatic rings. The summed E-state index contributed by atoms with van der Waals surface area (Å²) in [5.41, 5.74) is 0. The molecule has 1 heteroatoms. The van der Waals surface area contributed by atoms with E-state index in [1.165, 1.54) is 51.4 Å². The van der Waals surface area contributed by atoms with Crippen LogP contribution in [0.25, 0.3) is 0 Å². The molecule has 1 aliphatic carbocycles. The maximum Gasteiger partial charge on any atom is 0.0101 e. The van der Waals surface area contributed by atoms with E-state index in [4.69, 9.17) is 0 Å². The highest BCUT2D eigenvalue weighted by Gasteiger charge is 2.35. The van der Waals surface area contributed by atoms with E-state index in [0.717, 1.165) is 18.0 Å². The van der Waals surface area contributed by atoms with E-state index in [-0.39, 0.29) is 0 Å². The van der Waals surface area contributed by atoms with Gasteiger partial charge in [0.15, 0.2) is 0 Å². The van der Waals surface area contributed by atoms with Gasteiger partial charge in [0.25, 0.3) is 0 Å². The molecule has 1 nitrogen and oxygen atoms in total. The zero-order valence-electron chi connectivity index (χ0n) is 10.9. The Morgan fingerprint density at radius 2 is 1.87 bits per heavy atom. The minimum absolute atomic E-state index is 0.744. The molecule has 0 aromatic rings. The van der Waals surface area contributed by atoms with Gasteiger partial charge in [0.1, 0.15) is 0 Å². The molecule has 15 heavy (non-hydrogen) atoms. The molecule has 0 aromatic heterocycles. The third-order valence-corrected chi connectivity index (χ3v) is 3.69. The summed E-state index contributed by atoms with van der Waals surface area (Å²) in [6.07, 6.45) is 11.2. The van der Waals surface area contributed by atoms with Crippen molar-refractivity contribution in [2.75, 3.05) is 0 Å². The molecule has 0 heterocycles. The Hall–Kier alpha value is -0.0400. The molecule has 90 valence electrons. The van der Waals surface area contributed by atoms with Gasteiger partial charge in [0, 0.05) is 12.1 Å². The van der Waals surface area contributed by atoms with Crippen molar-refractivity contribution >= 4 is 0 Å². The van der Waals surface area contributed by atoms with Gasteiger partial charge in [-0.2, -0.15) is 0 Å². The molecular formula is C14H29N. The van der Waals surface area contributed by atoms with Gasteiger partial charge in [-0.15, -0.1) is 0 Å².